The quantitative estimate of drug-likeness (QED) is 0.885. The number of para-hydroxylation sites is 1. The van der Waals surface area contributed by atoms with Gasteiger partial charge in [0.2, 0.25) is 5.91 Å². The van der Waals surface area contributed by atoms with Crippen molar-refractivity contribution in [3.05, 3.63) is 42.2 Å². The van der Waals surface area contributed by atoms with Crippen molar-refractivity contribution >= 4 is 5.91 Å². The number of aromatic nitrogens is 3. The monoisotopic (exact) mass is 315 g/mol. The molecule has 1 atom stereocenters. The lowest BCUT2D eigenvalue weighted by atomic mass is 10.0. The first-order chi connectivity index (χ1) is 11.3. The van der Waals surface area contributed by atoms with Crippen molar-refractivity contribution in [1.29, 1.82) is 0 Å². The van der Waals surface area contributed by atoms with Crippen LogP contribution in [0.5, 0.6) is 5.75 Å². The van der Waals surface area contributed by atoms with Crippen LogP contribution in [0.3, 0.4) is 0 Å². The first-order valence-corrected chi connectivity index (χ1v) is 7.77. The van der Waals surface area contributed by atoms with Crippen LogP contribution >= 0.6 is 0 Å². The van der Waals surface area contributed by atoms with Gasteiger partial charge in [-0.3, -0.25) is 9.48 Å². The summed E-state index contributed by atoms with van der Waals surface area (Å²) in [6.45, 7) is 2.77. The van der Waals surface area contributed by atoms with Gasteiger partial charge in [-0.1, -0.05) is 23.4 Å². The molecular formula is C16H21N5O2. The molecule has 1 fully saturated rings. The molecule has 0 bridgehead atoms. The number of amides is 1. The second kappa shape index (κ2) is 7.23. The summed E-state index contributed by atoms with van der Waals surface area (Å²) in [6, 6.07) is 7.86. The molecule has 1 aromatic carbocycles. The van der Waals surface area contributed by atoms with Crippen LogP contribution in [-0.2, 0) is 11.3 Å². The maximum absolute atomic E-state index is 12.7. The molecule has 1 saturated heterocycles. The van der Waals surface area contributed by atoms with Gasteiger partial charge in [0.25, 0.3) is 0 Å². The van der Waals surface area contributed by atoms with E-state index in [9.17, 15) is 4.79 Å². The number of nitrogens with one attached hydrogen (secondary N) is 1. The Bertz CT molecular complexity index is 644. The van der Waals surface area contributed by atoms with Gasteiger partial charge < -0.3 is 15.0 Å². The number of nitrogens with zero attached hydrogens (tertiary/aromatic N) is 4. The van der Waals surface area contributed by atoms with Gasteiger partial charge in [-0.25, -0.2) is 0 Å². The molecule has 0 saturated carbocycles. The van der Waals surface area contributed by atoms with Gasteiger partial charge in [0.15, 0.2) is 0 Å². The molecule has 1 aliphatic rings. The topological polar surface area (TPSA) is 72.3 Å². The van der Waals surface area contributed by atoms with E-state index in [1.54, 1.807) is 24.2 Å². The molecule has 1 aromatic heterocycles. The molecule has 1 amide bonds. The Kier molecular flexibility index (Phi) is 4.87. The Labute approximate surface area is 135 Å². The number of rotatable bonds is 5. The summed E-state index contributed by atoms with van der Waals surface area (Å²) in [7, 11) is 1.66. The molecule has 1 N–H and O–H groups in total. The average Bonchev–Trinajstić information content (AvgIpc) is 3.13. The Morgan fingerprint density at radius 3 is 3.09 bits per heavy atom. The number of carbonyl (C=O) groups is 1. The smallest absolute Gasteiger partial charge is 0.225 e. The van der Waals surface area contributed by atoms with Crippen molar-refractivity contribution in [2.75, 3.05) is 26.7 Å². The number of aryl methyl sites for hydroxylation is 1. The van der Waals surface area contributed by atoms with Gasteiger partial charge in [-0.15, -0.1) is 5.10 Å². The van der Waals surface area contributed by atoms with Crippen molar-refractivity contribution in [1.82, 2.24) is 25.2 Å². The van der Waals surface area contributed by atoms with Crippen LogP contribution in [0.15, 0.2) is 36.7 Å². The van der Waals surface area contributed by atoms with E-state index < -0.39 is 0 Å². The number of hydrogen-bond acceptors (Lipinski definition) is 5. The van der Waals surface area contributed by atoms with Gasteiger partial charge in [0, 0.05) is 37.8 Å². The number of benzene rings is 1. The fourth-order valence-corrected chi connectivity index (χ4v) is 2.93. The molecule has 122 valence electrons. The van der Waals surface area contributed by atoms with Crippen LogP contribution in [0.2, 0.25) is 0 Å². The normalized spacial score (nSPS) is 18.0. The van der Waals surface area contributed by atoms with Crippen LogP contribution in [0.4, 0.5) is 0 Å². The van der Waals surface area contributed by atoms with Crippen molar-refractivity contribution in [3.63, 3.8) is 0 Å². The van der Waals surface area contributed by atoms with E-state index in [0.29, 0.717) is 19.5 Å². The van der Waals surface area contributed by atoms with E-state index in [0.717, 1.165) is 24.4 Å². The Morgan fingerprint density at radius 1 is 1.43 bits per heavy atom. The zero-order valence-electron chi connectivity index (χ0n) is 13.2. The Morgan fingerprint density at radius 2 is 2.30 bits per heavy atom. The highest BCUT2D eigenvalue weighted by Gasteiger charge is 2.29. The van der Waals surface area contributed by atoms with Gasteiger partial charge >= 0.3 is 0 Å². The fraction of sp³-hybridized carbons (Fsp3) is 0.438. The van der Waals surface area contributed by atoms with Gasteiger partial charge in [0.05, 0.1) is 25.9 Å². The van der Waals surface area contributed by atoms with Crippen molar-refractivity contribution in [3.8, 4) is 5.75 Å². The maximum Gasteiger partial charge on any atom is 0.225 e. The summed E-state index contributed by atoms with van der Waals surface area (Å²) in [5.41, 5.74) is 1.04. The molecule has 23 heavy (non-hydrogen) atoms. The standard InChI is InChI=1S/C16H21N5O2/c1-23-15-5-3-2-4-13(15)14-12-17-7-11-21(14)16(22)6-9-20-10-8-18-19-20/h2-5,8,10,14,17H,6-7,9,11-12H2,1H3. The molecule has 7 nitrogen and oxygen atoms in total. The van der Waals surface area contributed by atoms with E-state index in [-0.39, 0.29) is 11.9 Å². The van der Waals surface area contributed by atoms with Gasteiger partial charge in [-0.2, -0.15) is 0 Å². The predicted molar refractivity (Wildman–Crippen MR) is 85.0 cm³/mol. The lowest BCUT2D eigenvalue weighted by Crippen LogP contribution is -2.49. The summed E-state index contributed by atoms with van der Waals surface area (Å²) >= 11 is 0. The van der Waals surface area contributed by atoms with Crippen LogP contribution in [-0.4, -0.2) is 52.5 Å². The molecule has 2 heterocycles. The maximum atomic E-state index is 12.7. The average molecular weight is 315 g/mol. The summed E-state index contributed by atoms with van der Waals surface area (Å²) < 4.78 is 7.14. The van der Waals surface area contributed by atoms with E-state index in [4.69, 9.17) is 4.74 Å². The summed E-state index contributed by atoms with van der Waals surface area (Å²) in [4.78, 5) is 14.6. The summed E-state index contributed by atoms with van der Waals surface area (Å²) in [5.74, 6) is 0.938. The molecule has 3 rings (SSSR count). The van der Waals surface area contributed by atoms with E-state index in [1.807, 2.05) is 29.2 Å². The van der Waals surface area contributed by atoms with Crippen molar-refractivity contribution in [2.45, 2.75) is 19.0 Å². The minimum absolute atomic E-state index is 0.0110. The van der Waals surface area contributed by atoms with Crippen molar-refractivity contribution in [2.24, 2.45) is 0 Å². The molecule has 1 unspecified atom stereocenters. The highest BCUT2D eigenvalue weighted by Crippen LogP contribution is 2.30. The minimum atomic E-state index is -0.0110. The molecule has 1 aliphatic heterocycles. The lowest BCUT2D eigenvalue weighted by Gasteiger charge is -2.37. The molecule has 0 spiro atoms. The molecule has 7 heteroatoms. The SMILES string of the molecule is COc1ccccc1C1CNCCN1C(=O)CCn1ccnn1. The molecule has 0 aliphatic carbocycles. The number of carbonyl (C=O) groups excluding carboxylic acids is 1. The highest BCUT2D eigenvalue weighted by molar-refractivity contribution is 5.77. The lowest BCUT2D eigenvalue weighted by molar-refractivity contribution is -0.134. The molecule has 2 aromatic rings. The van der Waals surface area contributed by atoms with E-state index >= 15 is 0 Å². The zero-order chi connectivity index (χ0) is 16.1. The third-order valence-corrected chi connectivity index (χ3v) is 4.09. The summed E-state index contributed by atoms with van der Waals surface area (Å²) in [6.07, 6.45) is 3.80. The fourth-order valence-electron chi connectivity index (χ4n) is 2.93. The van der Waals surface area contributed by atoms with Crippen LogP contribution < -0.4 is 10.1 Å². The first kappa shape index (κ1) is 15.5. The Hall–Kier alpha value is -2.41. The van der Waals surface area contributed by atoms with E-state index in [1.165, 1.54) is 0 Å². The number of hydrogen-bond donors (Lipinski definition) is 1. The first-order valence-electron chi connectivity index (χ1n) is 7.77. The number of ether oxygens (including phenoxy) is 1. The number of methoxy groups -OCH3 is 1. The zero-order valence-corrected chi connectivity index (χ0v) is 13.2. The highest BCUT2D eigenvalue weighted by atomic mass is 16.5. The number of piperazine rings is 1. The second-order valence-electron chi connectivity index (χ2n) is 5.47. The van der Waals surface area contributed by atoms with Crippen LogP contribution in [0, 0.1) is 0 Å². The summed E-state index contributed by atoms with van der Waals surface area (Å²) in [5, 5.41) is 11.0. The predicted octanol–water partition coefficient (Wildman–Crippen LogP) is 0.850. The second-order valence-corrected chi connectivity index (χ2v) is 5.47. The van der Waals surface area contributed by atoms with Crippen LogP contribution in [0.1, 0.15) is 18.0 Å². The third-order valence-electron chi connectivity index (χ3n) is 4.09. The largest absolute Gasteiger partial charge is 0.496 e. The van der Waals surface area contributed by atoms with E-state index in [2.05, 4.69) is 15.6 Å². The van der Waals surface area contributed by atoms with Gasteiger partial charge in [-0.05, 0) is 6.07 Å². The van der Waals surface area contributed by atoms with Crippen molar-refractivity contribution < 1.29 is 9.53 Å². The van der Waals surface area contributed by atoms with Gasteiger partial charge in [0.1, 0.15) is 5.75 Å². The van der Waals surface area contributed by atoms with Crippen LogP contribution in [0.25, 0.3) is 0 Å². The Balaban J connectivity index is 1.74. The third kappa shape index (κ3) is 3.50. The molecule has 0 radical (unpaired) electrons. The molecular weight excluding hydrogens is 294 g/mol. The minimum Gasteiger partial charge on any atom is -0.496 e.